The van der Waals surface area contributed by atoms with E-state index in [1.807, 2.05) is 31.2 Å². The summed E-state index contributed by atoms with van der Waals surface area (Å²) in [6.07, 6.45) is 0.559. The van der Waals surface area contributed by atoms with E-state index in [1.54, 1.807) is 7.11 Å². The number of methoxy groups -OCH3 is 1. The Morgan fingerprint density at radius 3 is 2.57 bits per heavy atom. The van der Waals surface area contributed by atoms with Gasteiger partial charge in [0, 0.05) is 18.1 Å². The Balaban J connectivity index is 0.00000400. The molecule has 0 aliphatic carbocycles. The van der Waals surface area contributed by atoms with Crippen LogP contribution in [0.5, 0.6) is 0 Å². The minimum atomic E-state index is -1.01. The highest BCUT2D eigenvalue weighted by molar-refractivity contribution is 14.0. The number of nitrogens with two attached hydrogens (primary N) is 1. The van der Waals surface area contributed by atoms with Gasteiger partial charge in [0.1, 0.15) is 5.60 Å². The number of nitrogens with one attached hydrogen (secondary N) is 1. The monoisotopic (exact) mass is 471 g/mol. The van der Waals surface area contributed by atoms with Crippen molar-refractivity contribution in [3.63, 3.8) is 0 Å². The van der Waals surface area contributed by atoms with E-state index in [0.29, 0.717) is 25.5 Å². The van der Waals surface area contributed by atoms with Gasteiger partial charge in [-0.3, -0.25) is 4.99 Å². The summed E-state index contributed by atoms with van der Waals surface area (Å²) in [6, 6.07) is 7.58. The molecule has 0 aliphatic rings. The molecule has 0 spiro atoms. The second kappa shape index (κ2) is 10.4. The molecule has 7 heteroatoms. The Labute approximate surface area is 151 Å². The third kappa shape index (κ3) is 6.94. The summed E-state index contributed by atoms with van der Waals surface area (Å²) in [7, 11) is 1.62. The maximum atomic E-state index is 10.7. The van der Waals surface area contributed by atoms with Crippen molar-refractivity contribution >= 4 is 45.9 Å². The van der Waals surface area contributed by atoms with Gasteiger partial charge in [0.25, 0.3) is 0 Å². The molecule has 0 aromatic heterocycles. The number of hydrogen-bond donors (Lipinski definition) is 3. The molecule has 0 amide bonds. The van der Waals surface area contributed by atoms with Crippen LogP contribution in [-0.4, -0.2) is 37.9 Å². The van der Waals surface area contributed by atoms with E-state index in [9.17, 15) is 5.11 Å². The van der Waals surface area contributed by atoms with E-state index < -0.39 is 5.60 Å². The first-order valence-electron chi connectivity index (χ1n) is 6.53. The summed E-state index contributed by atoms with van der Waals surface area (Å²) >= 11 is 3.38. The average molecular weight is 472 g/mol. The van der Waals surface area contributed by atoms with E-state index in [0.717, 1.165) is 10.0 Å². The van der Waals surface area contributed by atoms with Crippen LogP contribution in [-0.2, 0) is 10.3 Å². The predicted octanol–water partition coefficient (Wildman–Crippen LogP) is 2.22. The number of guanidine groups is 1. The summed E-state index contributed by atoms with van der Waals surface area (Å²) in [5.74, 6) is 0.311. The van der Waals surface area contributed by atoms with Gasteiger partial charge < -0.3 is 20.9 Å². The number of rotatable bonds is 7. The lowest BCUT2D eigenvalue weighted by Crippen LogP contribution is -2.36. The molecule has 1 unspecified atom stereocenters. The largest absolute Gasteiger partial charge is 0.383 e. The fraction of sp³-hybridized carbons (Fsp3) is 0.500. The van der Waals surface area contributed by atoms with Crippen molar-refractivity contribution in [1.29, 1.82) is 0 Å². The van der Waals surface area contributed by atoms with Gasteiger partial charge >= 0.3 is 0 Å². The Bertz CT molecular complexity index is 442. The zero-order chi connectivity index (χ0) is 15.0. The SMILES string of the molecule is CCC(O)(CN=C(N)NCCOC)c1ccc(Br)cc1.I. The summed E-state index contributed by atoms with van der Waals surface area (Å²) in [5.41, 5.74) is 5.57. The first kappa shape index (κ1) is 20.6. The van der Waals surface area contributed by atoms with E-state index in [4.69, 9.17) is 10.5 Å². The van der Waals surface area contributed by atoms with Crippen LogP contribution in [0.3, 0.4) is 0 Å². The number of aliphatic imine (C=N–C) groups is 1. The van der Waals surface area contributed by atoms with Gasteiger partial charge in [-0.25, -0.2) is 0 Å². The second-order valence-electron chi connectivity index (χ2n) is 4.51. The number of ether oxygens (including phenoxy) is 1. The van der Waals surface area contributed by atoms with Gasteiger partial charge in [0.15, 0.2) is 5.96 Å². The van der Waals surface area contributed by atoms with Crippen molar-refractivity contribution < 1.29 is 9.84 Å². The van der Waals surface area contributed by atoms with E-state index >= 15 is 0 Å². The lowest BCUT2D eigenvalue weighted by molar-refractivity contribution is 0.0423. The third-order valence-corrected chi connectivity index (χ3v) is 3.62. The van der Waals surface area contributed by atoms with Crippen molar-refractivity contribution in [3.8, 4) is 0 Å². The van der Waals surface area contributed by atoms with Crippen LogP contribution in [0.1, 0.15) is 18.9 Å². The van der Waals surface area contributed by atoms with Gasteiger partial charge in [0.2, 0.25) is 0 Å². The maximum absolute atomic E-state index is 10.7. The molecule has 0 heterocycles. The number of benzene rings is 1. The van der Waals surface area contributed by atoms with E-state index in [1.165, 1.54) is 0 Å². The molecule has 4 N–H and O–H groups in total. The van der Waals surface area contributed by atoms with E-state index in [-0.39, 0.29) is 30.5 Å². The minimum absolute atomic E-state index is 0. The average Bonchev–Trinajstić information content (AvgIpc) is 2.46. The smallest absolute Gasteiger partial charge is 0.188 e. The van der Waals surface area contributed by atoms with Crippen LogP contribution >= 0.6 is 39.9 Å². The lowest BCUT2D eigenvalue weighted by Gasteiger charge is -2.25. The van der Waals surface area contributed by atoms with Gasteiger partial charge in [-0.15, -0.1) is 24.0 Å². The third-order valence-electron chi connectivity index (χ3n) is 3.09. The highest BCUT2D eigenvalue weighted by Gasteiger charge is 2.26. The van der Waals surface area contributed by atoms with Crippen LogP contribution in [0.2, 0.25) is 0 Å². The molecule has 120 valence electrons. The minimum Gasteiger partial charge on any atom is -0.383 e. The molecule has 21 heavy (non-hydrogen) atoms. The van der Waals surface area contributed by atoms with Crippen LogP contribution in [0.15, 0.2) is 33.7 Å². The molecular weight excluding hydrogens is 449 g/mol. The molecule has 0 aliphatic heterocycles. The summed E-state index contributed by atoms with van der Waals surface area (Å²) in [5, 5.41) is 13.6. The molecule has 0 radical (unpaired) electrons. The first-order valence-corrected chi connectivity index (χ1v) is 7.32. The quantitative estimate of drug-likeness (QED) is 0.246. The van der Waals surface area contributed by atoms with Crippen LogP contribution in [0, 0.1) is 0 Å². The van der Waals surface area contributed by atoms with Crippen molar-refractivity contribution in [2.24, 2.45) is 10.7 Å². The summed E-state index contributed by atoms with van der Waals surface area (Å²) in [4.78, 5) is 4.20. The zero-order valence-corrected chi connectivity index (χ0v) is 16.2. The standard InChI is InChI=1S/C14H22BrN3O2.HI/c1-3-14(19,11-4-6-12(15)7-5-11)10-18-13(16)17-8-9-20-2;/h4-7,19H,3,8-10H2,1-2H3,(H3,16,17,18);1H. The van der Waals surface area contributed by atoms with E-state index in [2.05, 4.69) is 26.2 Å². The number of halogens is 2. The topological polar surface area (TPSA) is 79.9 Å². The predicted molar refractivity (Wildman–Crippen MR) is 100 cm³/mol. The Hall–Kier alpha value is -0.380. The van der Waals surface area contributed by atoms with Crippen molar-refractivity contribution in [3.05, 3.63) is 34.3 Å². The molecule has 1 atom stereocenters. The van der Waals surface area contributed by atoms with Gasteiger partial charge in [-0.1, -0.05) is 35.0 Å². The molecular formula is C14H23BrIN3O2. The molecule has 0 fully saturated rings. The highest BCUT2D eigenvalue weighted by atomic mass is 127. The van der Waals surface area contributed by atoms with Crippen molar-refractivity contribution in [1.82, 2.24) is 5.32 Å². The molecule has 1 rings (SSSR count). The van der Waals surface area contributed by atoms with Gasteiger partial charge in [0.05, 0.1) is 13.2 Å². The maximum Gasteiger partial charge on any atom is 0.188 e. The number of nitrogens with zero attached hydrogens (tertiary/aromatic N) is 1. The summed E-state index contributed by atoms with van der Waals surface area (Å²) in [6.45, 7) is 3.29. The molecule has 0 saturated heterocycles. The van der Waals surface area contributed by atoms with Gasteiger partial charge in [-0.05, 0) is 24.1 Å². The fourth-order valence-corrected chi connectivity index (χ4v) is 1.98. The van der Waals surface area contributed by atoms with Crippen LogP contribution in [0.4, 0.5) is 0 Å². The number of hydrogen-bond acceptors (Lipinski definition) is 3. The lowest BCUT2D eigenvalue weighted by atomic mass is 9.91. The molecule has 1 aromatic carbocycles. The Morgan fingerprint density at radius 1 is 1.43 bits per heavy atom. The van der Waals surface area contributed by atoms with Crippen molar-refractivity contribution in [2.75, 3.05) is 26.8 Å². The first-order chi connectivity index (χ1) is 9.51. The Kier molecular flexibility index (Phi) is 10.2. The fourth-order valence-electron chi connectivity index (χ4n) is 1.72. The second-order valence-corrected chi connectivity index (χ2v) is 5.43. The Morgan fingerprint density at radius 2 is 2.05 bits per heavy atom. The summed E-state index contributed by atoms with van der Waals surface area (Å²) < 4.78 is 5.89. The molecule has 0 saturated carbocycles. The molecule has 0 bridgehead atoms. The molecule has 1 aromatic rings. The molecule has 5 nitrogen and oxygen atoms in total. The van der Waals surface area contributed by atoms with Crippen LogP contribution < -0.4 is 11.1 Å². The van der Waals surface area contributed by atoms with Crippen LogP contribution in [0.25, 0.3) is 0 Å². The van der Waals surface area contributed by atoms with Crippen molar-refractivity contribution in [2.45, 2.75) is 18.9 Å². The normalized spacial score (nSPS) is 14.2. The zero-order valence-electron chi connectivity index (χ0n) is 12.3. The highest BCUT2D eigenvalue weighted by Crippen LogP contribution is 2.26. The number of aliphatic hydroxyl groups is 1. The van der Waals surface area contributed by atoms with Gasteiger partial charge in [-0.2, -0.15) is 0 Å².